The van der Waals surface area contributed by atoms with Crippen LogP contribution in [0.5, 0.6) is 0 Å². The molecule has 0 saturated heterocycles. The molecule has 0 spiro atoms. The number of hydrogen-bond acceptors (Lipinski definition) is 1. The molecule has 3 rings (SSSR count). The maximum atomic E-state index is 9.63. The molecule has 1 aliphatic carbocycles. The van der Waals surface area contributed by atoms with Gasteiger partial charge in [-0.1, -0.05) is 36.4 Å². The van der Waals surface area contributed by atoms with Crippen molar-refractivity contribution in [2.24, 2.45) is 0 Å². The molecule has 1 heteroatoms. The minimum Gasteiger partial charge on any atom is -0.393 e. The van der Waals surface area contributed by atoms with E-state index in [1.165, 1.54) is 21.9 Å². The summed E-state index contributed by atoms with van der Waals surface area (Å²) in [5.41, 5.74) is 2.74. The molecule has 1 unspecified atom stereocenters. The number of aryl methyl sites for hydroxylation is 1. The van der Waals surface area contributed by atoms with E-state index in [4.69, 9.17) is 0 Å². The van der Waals surface area contributed by atoms with E-state index in [2.05, 4.69) is 36.4 Å². The monoisotopic (exact) mass is 198 g/mol. The van der Waals surface area contributed by atoms with Crippen LogP contribution in [0.2, 0.25) is 0 Å². The summed E-state index contributed by atoms with van der Waals surface area (Å²) >= 11 is 0. The van der Waals surface area contributed by atoms with Gasteiger partial charge in [0.1, 0.15) is 0 Å². The highest BCUT2D eigenvalue weighted by atomic mass is 16.3. The van der Waals surface area contributed by atoms with Crippen LogP contribution in [-0.4, -0.2) is 11.2 Å². The van der Waals surface area contributed by atoms with Gasteiger partial charge < -0.3 is 5.11 Å². The van der Waals surface area contributed by atoms with Crippen LogP contribution < -0.4 is 0 Å². The molecule has 2 aromatic carbocycles. The van der Waals surface area contributed by atoms with Crippen molar-refractivity contribution in [1.29, 1.82) is 0 Å². The number of benzene rings is 2. The highest BCUT2D eigenvalue weighted by molar-refractivity contribution is 5.84. The molecule has 2 aromatic rings. The minimum absolute atomic E-state index is 0.140. The van der Waals surface area contributed by atoms with Gasteiger partial charge in [-0.25, -0.2) is 0 Å². The number of aliphatic hydroxyl groups is 1. The summed E-state index contributed by atoms with van der Waals surface area (Å²) in [7, 11) is 0. The second kappa shape index (κ2) is 3.35. The molecular formula is C14H14O. The number of aliphatic hydroxyl groups excluding tert-OH is 1. The molecule has 0 saturated carbocycles. The van der Waals surface area contributed by atoms with Gasteiger partial charge >= 0.3 is 0 Å². The highest BCUT2D eigenvalue weighted by Crippen LogP contribution is 2.26. The highest BCUT2D eigenvalue weighted by Gasteiger charge is 2.16. The zero-order valence-corrected chi connectivity index (χ0v) is 8.61. The second-order valence-corrected chi connectivity index (χ2v) is 4.36. The summed E-state index contributed by atoms with van der Waals surface area (Å²) in [6.45, 7) is 0. The number of hydrogen-bond donors (Lipinski definition) is 1. The molecule has 0 aliphatic heterocycles. The normalized spacial score (nSPS) is 20.2. The molecular weight excluding hydrogens is 184 g/mol. The van der Waals surface area contributed by atoms with Gasteiger partial charge in [0.05, 0.1) is 6.10 Å². The quantitative estimate of drug-likeness (QED) is 0.690. The van der Waals surface area contributed by atoms with Crippen LogP contribution in [-0.2, 0) is 12.8 Å². The van der Waals surface area contributed by atoms with Crippen molar-refractivity contribution in [3.63, 3.8) is 0 Å². The molecule has 0 aromatic heterocycles. The third-order valence-corrected chi connectivity index (χ3v) is 3.27. The summed E-state index contributed by atoms with van der Waals surface area (Å²) in [4.78, 5) is 0. The molecule has 1 nitrogen and oxygen atoms in total. The molecule has 0 bridgehead atoms. The van der Waals surface area contributed by atoms with E-state index in [-0.39, 0.29) is 6.10 Å². The van der Waals surface area contributed by atoms with Crippen LogP contribution in [0.25, 0.3) is 10.8 Å². The Kier molecular flexibility index (Phi) is 2.00. The smallest absolute Gasteiger partial charge is 0.0583 e. The van der Waals surface area contributed by atoms with E-state index in [0.717, 1.165) is 19.3 Å². The third-order valence-electron chi connectivity index (χ3n) is 3.27. The Morgan fingerprint density at radius 2 is 1.67 bits per heavy atom. The average molecular weight is 198 g/mol. The van der Waals surface area contributed by atoms with E-state index < -0.39 is 0 Å². The first-order valence-electron chi connectivity index (χ1n) is 5.51. The largest absolute Gasteiger partial charge is 0.393 e. The van der Waals surface area contributed by atoms with Crippen molar-refractivity contribution < 1.29 is 5.11 Å². The van der Waals surface area contributed by atoms with Crippen molar-refractivity contribution in [2.75, 3.05) is 0 Å². The lowest BCUT2D eigenvalue weighted by Crippen LogP contribution is -2.18. The van der Waals surface area contributed by atoms with Crippen LogP contribution in [0, 0.1) is 0 Å². The van der Waals surface area contributed by atoms with Gasteiger partial charge in [0.2, 0.25) is 0 Å². The Labute approximate surface area is 89.4 Å². The SMILES string of the molecule is OC1CCc2cc3ccccc3cc2C1. The summed E-state index contributed by atoms with van der Waals surface area (Å²) in [6, 6.07) is 12.9. The Bertz CT molecular complexity index is 502. The number of rotatable bonds is 0. The van der Waals surface area contributed by atoms with Gasteiger partial charge in [0.15, 0.2) is 0 Å². The second-order valence-electron chi connectivity index (χ2n) is 4.36. The predicted molar refractivity (Wildman–Crippen MR) is 62.0 cm³/mol. The Balaban J connectivity index is 2.20. The lowest BCUT2D eigenvalue weighted by molar-refractivity contribution is 0.158. The molecule has 1 N–H and O–H groups in total. The lowest BCUT2D eigenvalue weighted by atomic mass is 9.88. The fourth-order valence-electron chi connectivity index (χ4n) is 2.44. The molecule has 0 fully saturated rings. The Hall–Kier alpha value is -1.34. The van der Waals surface area contributed by atoms with Crippen LogP contribution in [0.4, 0.5) is 0 Å². The van der Waals surface area contributed by atoms with Crippen molar-refractivity contribution in [2.45, 2.75) is 25.4 Å². The number of fused-ring (bicyclic) bond motifs is 2. The van der Waals surface area contributed by atoms with E-state index in [0.29, 0.717) is 0 Å². The van der Waals surface area contributed by atoms with E-state index >= 15 is 0 Å². The topological polar surface area (TPSA) is 20.2 Å². The predicted octanol–water partition coefficient (Wildman–Crippen LogP) is 2.69. The molecule has 0 amide bonds. The van der Waals surface area contributed by atoms with Crippen LogP contribution in [0.1, 0.15) is 17.5 Å². The molecule has 0 heterocycles. The first-order valence-corrected chi connectivity index (χ1v) is 5.51. The fraction of sp³-hybridized carbons (Fsp3) is 0.286. The maximum absolute atomic E-state index is 9.63. The van der Waals surface area contributed by atoms with Gasteiger partial charge in [0, 0.05) is 0 Å². The van der Waals surface area contributed by atoms with E-state index in [9.17, 15) is 5.11 Å². The zero-order valence-electron chi connectivity index (χ0n) is 8.61. The third kappa shape index (κ3) is 1.53. The van der Waals surface area contributed by atoms with E-state index in [1.54, 1.807) is 0 Å². The van der Waals surface area contributed by atoms with Crippen molar-refractivity contribution in [1.82, 2.24) is 0 Å². The molecule has 1 aliphatic rings. The Morgan fingerprint density at radius 1 is 1.00 bits per heavy atom. The Morgan fingerprint density at radius 3 is 2.40 bits per heavy atom. The van der Waals surface area contributed by atoms with Gasteiger partial charge in [0.25, 0.3) is 0 Å². The fourth-order valence-corrected chi connectivity index (χ4v) is 2.44. The van der Waals surface area contributed by atoms with Gasteiger partial charge in [-0.2, -0.15) is 0 Å². The molecule has 1 atom stereocenters. The van der Waals surface area contributed by atoms with Crippen LogP contribution >= 0.6 is 0 Å². The summed E-state index contributed by atoms with van der Waals surface area (Å²) in [6.07, 6.45) is 2.60. The standard InChI is InChI=1S/C14H14O/c15-14-6-5-12-7-10-3-1-2-4-11(10)8-13(12)9-14/h1-4,7-8,14-15H,5-6,9H2. The zero-order chi connectivity index (χ0) is 10.3. The maximum Gasteiger partial charge on any atom is 0.0583 e. The summed E-state index contributed by atoms with van der Waals surface area (Å²) in [5, 5.41) is 12.2. The van der Waals surface area contributed by atoms with Crippen molar-refractivity contribution >= 4 is 10.8 Å². The summed E-state index contributed by atoms with van der Waals surface area (Å²) in [5.74, 6) is 0. The first-order chi connectivity index (χ1) is 7.33. The van der Waals surface area contributed by atoms with Crippen molar-refractivity contribution in [3.05, 3.63) is 47.5 Å². The van der Waals surface area contributed by atoms with Crippen LogP contribution in [0.3, 0.4) is 0 Å². The van der Waals surface area contributed by atoms with Gasteiger partial charge in [-0.15, -0.1) is 0 Å². The van der Waals surface area contributed by atoms with Crippen LogP contribution in [0.15, 0.2) is 36.4 Å². The molecule has 15 heavy (non-hydrogen) atoms. The lowest BCUT2D eigenvalue weighted by Gasteiger charge is -2.21. The van der Waals surface area contributed by atoms with Gasteiger partial charge in [-0.3, -0.25) is 0 Å². The van der Waals surface area contributed by atoms with Gasteiger partial charge in [-0.05, 0) is 41.2 Å². The van der Waals surface area contributed by atoms with Crippen molar-refractivity contribution in [3.8, 4) is 0 Å². The molecule has 76 valence electrons. The minimum atomic E-state index is -0.140. The van der Waals surface area contributed by atoms with E-state index in [1.807, 2.05) is 0 Å². The first kappa shape index (κ1) is 8.93. The average Bonchev–Trinajstić information content (AvgIpc) is 2.26. The summed E-state index contributed by atoms with van der Waals surface area (Å²) < 4.78 is 0. The molecule has 0 radical (unpaired) electrons.